The minimum absolute atomic E-state index is 0.0233. The number of hydrogen-bond donors (Lipinski definition) is 1. The Balaban J connectivity index is 2.79. The number of anilines is 1. The summed E-state index contributed by atoms with van der Waals surface area (Å²) in [6, 6.07) is 3.70. The van der Waals surface area contributed by atoms with Crippen molar-refractivity contribution in [1.29, 1.82) is 0 Å². The van der Waals surface area contributed by atoms with Crippen LogP contribution in [-0.4, -0.2) is 33.1 Å². The van der Waals surface area contributed by atoms with Gasteiger partial charge in [0.2, 0.25) is 0 Å². The van der Waals surface area contributed by atoms with Crippen molar-refractivity contribution >= 4 is 14.0 Å². The fraction of sp³-hybridized carbons (Fsp3) is 0.667. The third kappa shape index (κ3) is 4.88. The van der Waals surface area contributed by atoms with Crippen LogP contribution in [0.3, 0.4) is 0 Å². The average Bonchev–Trinajstić information content (AvgIpc) is 2.27. The van der Waals surface area contributed by atoms with Crippen molar-refractivity contribution in [2.75, 3.05) is 19.5 Å². The summed E-state index contributed by atoms with van der Waals surface area (Å²) in [6.07, 6.45) is 2.49. The zero-order valence-corrected chi connectivity index (χ0v) is 14.6. The quantitative estimate of drug-likeness (QED) is 0.819. The van der Waals surface area contributed by atoms with E-state index in [9.17, 15) is 0 Å². The molecule has 0 aliphatic carbocycles. The lowest BCUT2D eigenvalue weighted by Gasteiger charge is -2.39. The minimum atomic E-state index is -1.81. The summed E-state index contributed by atoms with van der Waals surface area (Å²) in [5.74, 6) is 0. The molecule has 2 N–H and O–H groups in total. The van der Waals surface area contributed by atoms with Gasteiger partial charge in [0.25, 0.3) is 0 Å². The van der Waals surface area contributed by atoms with Gasteiger partial charge < -0.3 is 14.9 Å². The molecule has 20 heavy (non-hydrogen) atoms. The van der Waals surface area contributed by atoms with E-state index in [1.807, 2.05) is 6.07 Å². The van der Waals surface area contributed by atoms with Crippen molar-refractivity contribution in [3.63, 3.8) is 0 Å². The summed E-state index contributed by atoms with van der Waals surface area (Å²) >= 11 is 0. The van der Waals surface area contributed by atoms with E-state index >= 15 is 0 Å². The van der Waals surface area contributed by atoms with Gasteiger partial charge in [-0.25, -0.2) is 0 Å². The van der Waals surface area contributed by atoms with E-state index in [1.165, 1.54) is 0 Å². The summed E-state index contributed by atoms with van der Waals surface area (Å²) in [5.41, 5.74) is 7.49. The molecule has 1 unspecified atom stereocenters. The SMILES string of the molecule is COCC(Cc1cc(N)ccn1)O[Si](C)(C)C(C)(C)C. The van der Waals surface area contributed by atoms with Crippen LogP contribution in [0.2, 0.25) is 18.1 Å². The van der Waals surface area contributed by atoms with Crippen LogP contribution < -0.4 is 5.73 Å². The van der Waals surface area contributed by atoms with Gasteiger partial charge in [-0.2, -0.15) is 0 Å². The lowest BCUT2D eigenvalue weighted by Crippen LogP contribution is -2.45. The van der Waals surface area contributed by atoms with Crippen LogP contribution >= 0.6 is 0 Å². The summed E-state index contributed by atoms with van der Waals surface area (Å²) in [7, 11) is -0.109. The number of methoxy groups -OCH3 is 1. The molecule has 1 aromatic rings. The Morgan fingerprint density at radius 1 is 1.35 bits per heavy atom. The maximum absolute atomic E-state index is 6.42. The Hall–Kier alpha value is -0.913. The average molecular weight is 296 g/mol. The van der Waals surface area contributed by atoms with E-state index in [0.29, 0.717) is 6.61 Å². The molecule has 0 spiro atoms. The third-order valence-electron chi connectivity index (χ3n) is 3.90. The van der Waals surface area contributed by atoms with Gasteiger partial charge in [0.05, 0.1) is 12.7 Å². The fourth-order valence-corrected chi connectivity index (χ4v) is 3.09. The minimum Gasteiger partial charge on any atom is -0.411 e. The number of nitrogen functional groups attached to an aromatic ring is 1. The Morgan fingerprint density at radius 2 is 2.00 bits per heavy atom. The van der Waals surface area contributed by atoms with E-state index in [2.05, 4.69) is 38.8 Å². The summed E-state index contributed by atoms with van der Waals surface area (Å²) in [5, 5.41) is 0.183. The standard InChI is InChI=1S/C15H28N2O2Si/c1-15(2,3)20(5,6)19-14(11-18-4)10-13-9-12(16)7-8-17-13/h7-9,14H,10-11H2,1-6H3,(H2,16,17). The van der Waals surface area contributed by atoms with Crippen molar-refractivity contribution in [1.82, 2.24) is 4.98 Å². The maximum atomic E-state index is 6.42. The number of hydrogen-bond acceptors (Lipinski definition) is 4. The molecule has 0 fully saturated rings. The molecular weight excluding hydrogens is 268 g/mol. The highest BCUT2D eigenvalue weighted by Gasteiger charge is 2.39. The fourth-order valence-electron chi connectivity index (χ4n) is 1.76. The maximum Gasteiger partial charge on any atom is 0.192 e. The Morgan fingerprint density at radius 3 is 2.50 bits per heavy atom. The smallest absolute Gasteiger partial charge is 0.192 e. The first-order valence-corrected chi connectivity index (χ1v) is 9.93. The molecule has 1 rings (SSSR count). The van der Waals surface area contributed by atoms with Crippen molar-refractivity contribution in [3.05, 3.63) is 24.0 Å². The molecule has 0 aliphatic heterocycles. The largest absolute Gasteiger partial charge is 0.411 e. The predicted molar refractivity (Wildman–Crippen MR) is 86.3 cm³/mol. The highest BCUT2D eigenvalue weighted by molar-refractivity contribution is 6.74. The van der Waals surface area contributed by atoms with Gasteiger partial charge in [0, 0.05) is 31.1 Å². The second kappa shape index (κ2) is 6.69. The molecule has 5 heteroatoms. The van der Waals surface area contributed by atoms with Gasteiger partial charge in [0.15, 0.2) is 8.32 Å². The topological polar surface area (TPSA) is 57.4 Å². The lowest BCUT2D eigenvalue weighted by molar-refractivity contribution is 0.0713. The molecule has 1 aromatic heterocycles. The molecule has 0 radical (unpaired) electrons. The summed E-state index contributed by atoms with van der Waals surface area (Å²) < 4.78 is 11.7. The molecule has 4 nitrogen and oxygen atoms in total. The lowest BCUT2D eigenvalue weighted by atomic mass is 10.2. The number of nitrogens with two attached hydrogens (primary N) is 1. The van der Waals surface area contributed by atoms with Gasteiger partial charge in [-0.3, -0.25) is 4.98 Å². The Kier molecular flexibility index (Phi) is 5.74. The van der Waals surface area contributed by atoms with E-state index in [0.717, 1.165) is 17.8 Å². The van der Waals surface area contributed by atoms with Gasteiger partial charge in [-0.1, -0.05) is 20.8 Å². The molecule has 0 aliphatic rings. The van der Waals surface area contributed by atoms with E-state index < -0.39 is 8.32 Å². The first kappa shape index (κ1) is 17.1. The summed E-state index contributed by atoms with van der Waals surface area (Å²) in [6.45, 7) is 11.8. The first-order valence-electron chi connectivity index (χ1n) is 7.03. The highest BCUT2D eigenvalue weighted by atomic mass is 28.4. The van der Waals surface area contributed by atoms with Crippen LogP contribution in [0.4, 0.5) is 5.69 Å². The molecule has 0 saturated heterocycles. The number of ether oxygens (including phenoxy) is 1. The second-order valence-corrected chi connectivity index (χ2v) is 11.5. The van der Waals surface area contributed by atoms with Crippen LogP contribution in [0.1, 0.15) is 26.5 Å². The normalized spacial score (nSPS) is 14.3. The van der Waals surface area contributed by atoms with Crippen molar-refractivity contribution in [2.24, 2.45) is 0 Å². The molecule has 0 aromatic carbocycles. The van der Waals surface area contributed by atoms with E-state index in [4.69, 9.17) is 14.9 Å². The van der Waals surface area contributed by atoms with Crippen LogP contribution in [0.5, 0.6) is 0 Å². The molecule has 114 valence electrons. The van der Waals surface area contributed by atoms with Gasteiger partial charge in [0.1, 0.15) is 0 Å². The van der Waals surface area contributed by atoms with Gasteiger partial charge in [-0.15, -0.1) is 0 Å². The molecule has 0 bridgehead atoms. The van der Waals surface area contributed by atoms with Gasteiger partial charge >= 0.3 is 0 Å². The van der Waals surface area contributed by atoms with Gasteiger partial charge in [-0.05, 0) is 30.3 Å². The first-order chi connectivity index (χ1) is 9.15. The summed E-state index contributed by atoms with van der Waals surface area (Å²) in [4.78, 5) is 4.35. The monoisotopic (exact) mass is 296 g/mol. The zero-order valence-electron chi connectivity index (χ0n) is 13.6. The zero-order chi connectivity index (χ0) is 15.4. The Bertz CT molecular complexity index is 430. The van der Waals surface area contributed by atoms with Crippen LogP contribution in [0.25, 0.3) is 0 Å². The molecule has 0 saturated carbocycles. The number of pyridine rings is 1. The number of nitrogens with zero attached hydrogens (tertiary/aromatic N) is 1. The Labute approximate surface area is 123 Å². The van der Waals surface area contributed by atoms with Crippen LogP contribution in [0.15, 0.2) is 18.3 Å². The van der Waals surface area contributed by atoms with Crippen molar-refractivity contribution < 1.29 is 9.16 Å². The van der Waals surface area contributed by atoms with E-state index in [1.54, 1.807) is 19.4 Å². The highest BCUT2D eigenvalue weighted by Crippen LogP contribution is 2.37. The van der Waals surface area contributed by atoms with Crippen molar-refractivity contribution in [2.45, 2.75) is 51.4 Å². The third-order valence-corrected chi connectivity index (χ3v) is 8.43. The number of aromatic nitrogens is 1. The van der Waals surface area contributed by atoms with Crippen LogP contribution in [0, 0.1) is 0 Å². The number of rotatable bonds is 6. The molecule has 1 heterocycles. The predicted octanol–water partition coefficient (Wildman–Crippen LogP) is 3.24. The van der Waals surface area contributed by atoms with Crippen LogP contribution in [-0.2, 0) is 15.6 Å². The molecule has 0 amide bonds. The van der Waals surface area contributed by atoms with Crippen molar-refractivity contribution in [3.8, 4) is 0 Å². The molecule has 1 atom stereocenters. The second-order valence-electron chi connectivity index (χ2n) is 6.74. The molecular formula is C15H28N2O2Si. The van der Waals surface area contributed by atoms with E-state index in [-0.39, 0.29) is 11.1 Å².